The summed E-state index contributed by atoms with van der Waals surface area (Å²) in [7, 11) is 0. The molecular weight excluding hydrogens is 256 g/mol. The Morgan fingerprint density at radius 2 is 1.20 bits per heavy atom. The highest BCUT2D eigenvalue weighted by Gasteiger charge is 2.15. The third kappa shape index (κ3) is 2.59. The Hall–Kier alpha value is -3.27. The molecule has 2 aromatic rings. The molecule has 0 bridgehead atoms. The second kappa shape index (κ2) is 6.06. The first-order chi connectivity index (χ1) is 9.77. The second-order valence-corrected chi connectivity index (χ2v) is 3.74. The first kappa shape index (κ1) is 13.2. The van der Waals surface area contributed by atoms with Crippen molar-refractivity contribution >= 4 is 17.2 Å². The number of benzene rings is 2. The van der Waals surface area contributed by atoms with Gasteiger partial charge in [-0.15, -0.1) is 0 Å². The highest BCUT2D eigenvalue weighted by atomic mass is 16.1. The van der Waals surface area contributed by atoms with Gasteiger partial charge in [-0.05, 0) is 11.1 Å². The summed E-state index contributed by atoms with van der Waals surface area (Å²) in [5.41, 5.74) is 18.0. The highest BCUT2D eigenvalue weighted by Crippen LogP contribution is 2.27. The Balaban J connectivity index is 2.58. The lowest BCUT2D eigenvalue weighted by Gasteiger charge is -2.06. The van der Waals surface area contributed by atoms with Crippen molar-refractivity contribution in [2.45, 2.75) is 0 Å². The summed E-state index contributed by atoms with van der Waals surface area (Å²) in [4.78, 5) is 17.9. The SMILES string of the molecule is [N-]=[N+]=Nc1ccccc1C(=O)c1ccccc1N=[N+]=[N-]. The van der Waals surface area contributed by atoms with Crippen LogP contribution in [0.2, 0.25) is 0 Å². The van der Waals surface area contributed by atoms with Gasteiger partial charge in [0.1, 0.15) is 0 Å². The fraction of sp³-hybridized carbons (Fsp3) is 0. The molecule has 0 fully saturated rings. The van der Waals surface area contributed by atoms with Crippen molar-refractivity contribution in [2.75, 3.05) is 0 Å². The quantitative estimate of drug-likeness (QED) is 0.335. The molecule has 96 valence electrons. The lowest BCUT2D eigenvalue weighted by atomic mass is 10.0. The number of hydrogen-bond donors (Lipinski definition) is 0. The maximum atomic E-state index is 12.5. The molecule has 2 rings (SSSR count). The standard InChI is InChI=1S/C13H8N6O/c14-18-16-11-7-3-1-5-9(11)13(20)10-6-2-4-8-12(10)17-19-15/h1-8H. The van der Waals surface area contributed by atoms with Crippen LogP contribution in [0, 0.1) is 0 Å². The van der Waals surface area contributed by atoms with E-state index < -0.39 is 0 Å². The number of hydrogen-bond acceptors (Lipinski definition) is 3. The number of nitrogens with zero attached hydrogens (tertiary/aromatic N) is 6. The van der Waals surface area contributed by atoms with E-state index in [1.807, 2.05) is 0 Å². The van der Waals surface area contributed by atoms with Crippen molar-refractivity contribution in [2.24, 2.45) is 10.2 Å². The van der Waals surface area contributed by atoms with Crippen LogP contribution in [-0.4, -0.2) is 5.78 Å². The maximum absolute atomic E-state index is 12.5. The van der Waals surface area contributed by atoms with Gasteiger partial charge >= 0.3 is 0 Å². The molecule has 0 amide bonds. The van der Waals surface area contributed by atoms with Gasteiger partial charge in [-0.3, -0.25) is 4.79 Å². The molecule has 0 heterocycles. The van der Waals surface area contributed by atoms with Gasteiger partial charge in [0, 0.05) is 32.3 Å². The Morgan fingerprint density at radius 3 is 1.60 bits per heavy atom. The first-order valence-corrected chi connectivity index (χ1v) is 5.61. The van der Waals surface area contributed by atoms with Crippen molar-refractivity contribution < 1.29 is 4.79 Å². The molecule has 0 aliphatic heterocycles. The average Bonchev–Trinajstić information content (AvgIpc) is 2.48. The van der Waals surface area contributed by atoms with E-state index in [1.54, 1.807) is 48.5 Å². The smallest absolute Gasteiger partial charge is 0.193 e. The molecule has 0 spiro atoms. The monoisotopic (exact) mass is 264 g/mol. The third-order valence-corrected chi connectivity index (χ3v) is 2.60. The van der Waals surface area contributed by atoms with Gasteiger partial charge in [-0.2, -0.15) is 0 Å². The molecule has 7 heteroatoms. The van der Waals surface area contributed by atoms with E-state index >= 15 is 0 Å². The Labute approximate surface area is 113 Å². The number of carbonyl (C=O) groups is 1. The number of azide groups is 2. The molecule has 0 atom stereocenters. The van der Waals surface area contributed by atoms with Crippen LogP contribution in [-0.2, 0) is 0 Å². The van der Waals surface area contributed by atoms with Gasteiger partial charge < -0.3 is 0 Å². The molecule has 20 heavy (non-hydrogen) atoms. The summed E-state index contributed by atoms with van der Waals surface area (Å²) in [6, 6.07) is 12.9. The van der Waals surface area contributed by atoms with Crippen LogP contribution in [0.4, 0.5) is 11.4 Å². The molecule has 0 saturated carbocycles. The average molecular weight is 264 g/mol. The zero-order valence-corrected chi connectivity index (χ0v) is 10.2. The van der Waals surface area contributed by atoms with E-state index in [-0.39, 0.29) is 28.3 Å². The van der Waals surface area contributed by atoms with Gasteiger partial charge in [0.05, 0.1) is 0 Å². The molecule has 7 nitrogen and oxygen atoms in total. The third-order valence-electron chi connectivity index (χ3n) is 2.60. The molecule has 0 radical (unpaired) electrons. The van der Waals surface area contributed by atoms with Gasteiger partial charge in [0.15, 0.2) is 5.78 Å². The number of rotatable bonds is 4. The fourth-order valence-electron chi connectivity index (χ4n) is 1.75. The Morgan fingerprint density at radius 1 is 0.800 bits per heavy atom. The van der Waals surface area contributed by atoms with Crippen LogP contribution in [0.15, 0.2) is 58.8 Å². The van der Waals surface area contributed by atoms with E-state index in [9.17, 15) is 4.79 Å². The maximum Gasteiger partial charge on any atom is 0.193 e. The Bertz CT molecular complexity index is 693. The van der Waals surface area contributed by atoms with Gasteiger partial charge in [0.25, 0.3) is 0 Å². The van der Waals surface area contributed by atoms with Crippen LogP contribution < -0.4 is 0 Å². The summed E-state index contributed by atoms with van der Waals surface area (Å²) in [5, 5.41) is 6.97. The van der Waals surface area contributed by atoms with Crippen LogP contribution in [0.25, 0.3) is 20.9 Å². The fourth-order valence-corrected chi connectivity index (χ4v) is 1.75. The molecule has 0 saturated heterocycles. The normalized spacial score (nSPS) is 9.20. The lowest BCUT2D eigenvalue weighted by Crippen LogP contribution is -2.01. The molecule has 0 aliphatic carbocycles. The van der Waals surface area contributed by atoms with Crippen LogP contribution in [0.1, 0.15) is 15.9 Å². The van der Waals surface area contributed by atoms with E-state index in [0.717, 1.165) is 0 Å². The number of ketones is 1. The minimum absolute atomic E-state index is 0.232. The summed E-state index contributed by atoms with van der Waals surface area (Å²) in [6.07, 6.45) is 0. The van der Waals surface area contributed by atoms with E-state index in [1.165, 1.54) is 0 Å². The zero-order valence-electron chi connectivity index (χ0n) is 10.2. The highest BCUT2D eigenvalue weighted by molar-refractivity contribution is 6.14. The summed E-state index contributed by atoms with van der Waals surface area (Å²) < 4.78 is 0. The number of carbonyl (C=O) groups excluding carboxylic acids is 1. The lowest BCUT2D eigenvalue weighted by molar-refractivity contribution is 0.104. The largest absolute Gasteiger partial charge is 0.289 e. The zero-order chi connectivity index (χ0) is 14.4. The van der Waals surface area contributed by atoms with Crippen LogP contribution >= 0.6 is 0 Å². The topological polar surface area (TPSA) is 115 Å². The van der Waals surface area contributed by atoms with Crippen LogP contribution in [0.3, 0.4) is 0 Å². The summed E-state index contributed by atoms with van der Waals surface area (Å²) >= 11 is 0. The van der Waals surface area contributed by atoms with E-state index in [0.29, 0.717) is 0 Å². The van der Waals surface area contributed by atoms with Gasteiger partial charge in [0.2, 0.25) is 0 Å². The van der Waals surface area contributed by atoms with Crippen molar-refractivity contribution in [1.29, 1.82) is 0 Å². The van der Waals surface area contributed by atoms with Crippen molar-refractivity contribution in [3.63, 3.8) is 0 Å². The van der Waals surface area contributed by atoms with Gasteiger partial charge in [-0.25, -0.2) is 0 Å². The predicted molar refractivity (Wildman–Crippen MR) is 73.9 cm³/mol. The van der Waals surface area contributed by atoms with E-state index in [4.69, 9.17) is 11.1 Å². The van der Waals surface area contributed by atoms with Crippen molar-refractivity contribution in [3.8, 4) is 0 Å². The second-order valence-electron chi connectivity index (χ2n) is 3.74. The summed E-state index contributed by atoms with van der Waals surface area (Å²) in [6.45, 7) is 0. The molecule has 2 aromatic carbocycles. The first-order valence-electron chi connectivity index (χ1n) is 5.61. The Kier molecular flexibility index (Phi) is 3.99. The van der Waals surface area contributed by atoms with Crippen molar-refractivity contribution in [3.05, 3.63) is 80.5 Å². The minimum Gasteiger partial charge on any atom is -0.289 e. The van der Waals surface area contributed by atoms with Crippen LogP contribution in [0.5, 0.6) is 0 Å². The molecule has 0 aliphatic rings. The minimum atomic E-state index is -0.365. The molecular formula is C13H8N6O. The van der Waals surface area contributed by atoms with Gasteiger partial charge in [-0.1, -0.05) is 58.8 Å². The van der Waals surface area contributed by atoms with E-state index in [2.05, 4.69) is 20.1 Å². The summed E-state index contributed by atoms with van der Waals surface area (Å²) in [5.74, 6) is -0.365. The molecule has 0 N–H and O–H groups in total. The molecule has 0 aromatic heterocycles. The van der Waals surface area contributed by atoms with Crippen molar-refractivity contribution in [1.82, 2.24) is 0 Å². The predicted octanol–water partition coefficient (Wildman–Crippen LogP) is 4.80. The molecule has 0 unspecified atom stereocenters.